The lowest BCUT2D eigenvalue weighted by atomic mass is 9.79. The van der Waals surface area contributed by atoms with Gasteiger partial charge < -0.3 is 10.1 Å². The molecule has 4 nitrogen and oxygen atoms in total. The van der Waals surface area contributed by atoms with Crippen molar-refractivity contribution in [1.82, 2.24) is 0 Å². The molecule has 2 aromatic carbocycles. The van der Waals surface area contributed by atoms with E-state index in [4.69, 9.17) is 4.74 Å². The van der Waals surface area contributed by atoms with Crippen molar-refractivity contribution < 1.29 is 9.53 Å². The topological polar surface area (TPSA) is 62.1 Å². The van der Waals surface area contributed by atoms with Crippen LogP contribution in [0.5, 0.6) is 5.75 Å². The van der Waals surface area contributed by atoms with Crippen LogP contribution in [0.4, 0.5) is 5.69 Å². The molecule has 0 radical (unpaired) electrons. The summed E-state index contributed by atoms with van der Waals surface area (Å²) in [5.74, 6) is 0.566. The molecule has 0 amide bonds. The molecule has 152 valence electrons. The molecule has 3 rings (SSSR count). The molecule has 0 spiro atoms. The molecule has 1 aliphatic heterocycles. The van der Waals surface area contributed by atoms with Gasteiger partial charge in [0.1, 0.15) is 5.75 Å². The summed E-state index contributed by atoms with van der Waals surface area (Å²) >= 11 is 0. The van der Waals surface area contributed by atoms with Crippen LogP contribution in [0.3, 0.4) is 0 Å². The van der Waals surface area contributed by atoms with Crippen molar-refractivity contribution in [3.63, 3.8) is 0 Å². The molecule has 2 aromatic rings. The number of nitrogens with zero attached hydrogens (tertiary/aromatic N) is 1. The van der Waals surface area contributed by atoms with Crippen LogP contribution in [0.2, 0.25) is 0 Å². The number of anilines is 1. The maximum absolute atomic E-state index is 12.9. The number of benzene rings is 2. The van der Waals surface area contributed by atoms with E-state index in [0.717, 1.165) is 34.4 Å². The van der Waals surface area contributed by atoms with Crippen molar-refractivity contribution >= 4 is 11.7 Å². The standard InChI is InChI=1S/C25H30N2O2/c1-15-11-19(18-10-8-9-17(12-18)14-26)22(29-23(28)24(3,4)5)20-16(2)13-25(6,7)27-21(15)20/h8-12,16,27H,13H2,1-7H3. The second kappa shape index (κ2) is 7.22. The van der Waals surface area contributed by atoms with E-state index in [2.05, 4.69) is 45.1 Å². The van der Waals surface area contributed by atoms with E-state index >= 15 is 0 Å². The van der Waals surface area contributed by atoms with Crippen molar-refractivity contribution in [3.8, 4) is 22.9 Å². The summed E-state index contributed by atoms with van der Waals surface area (Å²) in [4.78, 5) is 12.9. The zero-order chi connectivity index (χ0) is 21.6. The Morgan fingerprint density at radius 1 is 1.28 bits per heavy atom. The molecule has 0 fully saturated rings. The van der Waals surface area contributed by atoms with Crippen LogP contribution in [0, 0.1) is 23.7 Å². The van der Waals surface area contributed by atoms with Crippen LogP contribution in [0.1, 0.15) is 70.6 Å². The number of hydrogen-bond acceptors (Lipinski definition) is 4. The van der Waals surface area contributed by atoms with Crippen LogP contribution in [-0.4, -0.2) is 11.5 Å². The number of rotatable bonds is 2. The number of fused-ring (bicyclic) bond motifs is 1. The number of aryl methyl sites for hydroxylation is 1. The van der Waals surface area contributed by atoms with E-state index in [1.807, 2.05) is 39.0 Å². The fourth-order valence-electron chi connectivity index (χ4n) is 4.04. The average Bonchev–Trinajstić information content (AvgIpc) is 2.62. The highest BCUT2D eigenvalue weighted by atomic mass is 16.5. The maximum atomic E-state index is 12.9. The van der Waals surface area contributed by atoms with Gasteiger partial charge >= 0.3 is 5.97 Å². The summed E-state index contributed by atoms with van der Waals surface area (Å²) in [6.07, 6.45) is 0.932. The predicted molar refractivity (Wildman–Crippen MR) is 117 cm³/mol. The van der Waals surface area contributed by atoms with E-state index in [9.17, 15) is 10.1 Å². The molecular formula is C25H30N2O2. The number of carbonyl (C=O) groups is 1. The number of carbonyl (C=O) groups excluding carboxylic acids is 1. The number of esters is 1. The maximum Gasteiger partial charge on any atom is 0.316 e. The monoisotopic (exact) mass is 390 g/mol. The highest BCUT2D eigenvalue weighted by Crippen LogP contribution is 2.49. The molecule has 1 atom stereocenters. The normalized spacial score (nSPS) is 17.7. The fraction of sp³-hybridized carbons (Fsp3) is 0.440. The molecule has 4 heteroatoms. The molecule has 0 saturated heterocycles. The van der Waals surface area contributed by atoms with Crippen LogP contribution >= 0.6 is 0 Å². The summed E-state index contributed by atoms with van der Waals surface area (Å²) in [5, 5.41) is 13.0. The largest absolute Gasteiger partial charge is 0.425 e. The first-order valence-electron chi connectivity index (χ1n) is 10.1. The van der Waals surface area contributed by atoms with E-state index in [1.54, 1.807) is 6.07 Å². The Kier molecular flexibility index (Phi) is 5.21. The first kappa shape index (κ1) is 20.9. The number of nitriles is 1. The molecule has 1 unspecified atom stereocenters. The van der Waals surface area contributed by atoms with Crippen LogP contribution < -0.4 is 10.1 Å². The van der Waals surface area contributed by atoms with Crippen LogP contribution in [0.15, 0.2) is 30.3 Å². The van der Waals surface area contributed by atoms with E-state index in [1.165, 1.54) is 0 Å². The lowest BCUT2D eigenvalue weighted by Gasteiger charge is -2.40. The Morgan fingerprint density at radius 3 is 2.59 bits per heavy atom. The summed E-state index contributed by atoms with van der Waals surface area (Å²) in [7, 11) is 0. The predicted octanol–water partition coefficient (Wildman–Crippen LogP) is 6.18. The van der Waals surface area contributed by atoms with Gasteiger partial charge in [0.2, 0.25) is 0 Å². The van der Waals surface area contributed by atoms with Gasteiger partial charge in [-0.1, -0.05) is 19.1 Å². The summed E-state index contributed by atoms with van der Waals surface area (Å²) in [6.45, 7) is 14.2. The van der Waals surface area contributed by atoms with Gasteiger partial charge in [-0.15, -0.1) is 0 Å². The van der Waals surface area contributed by atoms with Gasteiger partial charge in [0.25, 0.3) is 0 Å². The molecule has 0 aromatic heterocycles. The number of ether oxygens (including phenoxy) is 1. The lowest BCUT2D eigenvalue weighted by Crippen LogP contribution is -2.37. The highest BCUT2D eigenvalue weighted by molar-refractivity contribution is 5.86. The Hall–Kier alpha value is -2.80. The average molecular weight is 391 g/mol. The molecular weight excluding hydrogens is 360 g/mol. The molecule has 0 bridgehead atoms. The summed E-state index contributed by atoms with van der Waals surface area (Å²) < 4.78 is 6.07. The Balaban J connectivity index is 2.28. The molecule has 1 aliphatic rings. The number of nitrogens with one attached hydrogen (secondary N) is 1. The lowest BCUT2D eigenvalue weighted by molar-refractivity contribution is -0.143. The molecule has 1 heterocycles. The quantitative estimate of drug-likeness (QED) is 0.491. The third kappa shape index (κ3) is 4.15. The summed E-state index contributed by atoms with van der Waals surface area (Å²) in [5.41, 5.74) is 4.85. The first-order chi connectivity index (χ1) is 13.4. The van der Waals surface area contributed by atoms with Gasteiger partial charge in [-0.25, -0.2) is 0 Å². The van der Waals surface area contributed by atoms with E-state index in [-0.39, 0.29) is 17.4 Å². The zero-order valence-corrected chi connectivity index (χ0v) is 18.4. The summed E-state index contributed by atoms with van der Waals surface area (Å²) in [6, 6.07) is 11.7. The highest BCUT2D eigenvalue weighted by Gasteiger charge is 2.35. The minimum absolute atomic E-state index is 0.0370. The second-order valence-corrected chi connectivity index (χ2v) is 9.81. The van der Waals surface area contributed by atoms with Gasteiger partial charge in [-0.3, -0.25) is 4.79 Å². The smallest absolute Gasteiger partial charge is 0.316 e. The fourth-order valence-corrected chi connectivity index (χ4v) is 4.04. The van der Waals surface area contributed by atoms with Gasteiger partial charge in [0.05, 0.1) is 17.0 Å². The molecule has 29 heavy (non-hydrogen) atoms. The Labute approximate surface area is 173 Å². The van der Waals surface area contributed by atoms with Gasteiger partial charge in [0.15, 0.2) is 0 Å². The Bertz CT molecular complexity index is 1010. The van der Waals surface area contributed by atoms with Crippen LogP contribution in [-0.2, 0) is 4.79 Å². The van der Waals surface area contributed by atoms with Crippen molar-refractivity contribution in [3.05, 3.63) is 47.0 Å². The van der Waals surface area contributed by atoms with Crippen molar-refractivity contribution in [2.45, 2.75) is 66.3 Å². The second-order valence-electron chi connectivity index (χ2n) is 9.81. The third-order valence-electron chi connectivity index (χ3n) is 5.40. The first-order valence-corrected chi connectivity index (χ1v) is 10.1. The molecule has 0 aliphatic carbocycles. The zero-order valence-electron chi connectivity index (χ0n) is 18.4. The Morgan fingerprint density at radius 2 is 1.97 bits per heavy atom. The minimum Gasteiger partial charge on any atom is -0.425 e. The van der Waals surface area contributed by atoms with Gasteiger partial charge in [-0.2, -0.15) is 5.26 Å². The van der Waals surface area contributed by atoms with E-state index < -0.39 is 5.41 Å². The molecule has 0 saturated carbocycles. The van der Waals surface area contributed by atoms with Gasteiger partial charge in [-0.05, 0) is 83.2 Å². The van der Waals surface area contributed by atoms with Crippen molar-refractivity contribution in [1.29, 1.82) is 5.26 Å². The van der Waals surface area contributed by atoms with Crippen LogP contribution in [0.25, 0.3) is 11.1 Å². The van der Waals surface area contributed by atoms with Crippen molar-refractivity contribution in [2.24, 2.45) is 5.41 Å². The minimum atomic E-state index is -0.617. The van der Waals surface area contributed by atoms with Crippen molar-refractivity contribution in [2.75, 3.05) is 5.32 Å². The van der Waals surface area contributed by atoms with E-state index in [0.29, 0.717) is 11.3 Å². The molecule has 1 N–H and O–H groups in total. The number of hydrogen-bond donors (Lipinski definition) is 1. The van der Waals surface area contributed by atoms with Gasteiger partial charge in [0, 0.05) is 22.4 Å². The third-order valence-corrected chi connectivity index (χ3v) is 5.40. The SMILES string of the molecule is Cc1cc(-c2cccc(C#N)c2)c(OC(=O)C(C)(C)C)c2c1NC(C)(C)CC2C.